The van der Waals surface area contributed by atoms with Crippen LogP contribution >= 0.6 is 0 Å². The fourth-order valence-electron chi connectivity index (χ4n) is 1.37. The smallest absolute Gasteiger partial charge is 0.123 e. The number of rotatable bonds is 3. The number of nitrogens with zero attached hydrogens (tertiary/aromatic N) is 1. The van der Waals surface area contributed by atoms with Gasteiger partial charge in [-0.15, -0.1) is 0 Å². The average molecular weight is 164 g/mol. The number of nitrogen functional groups attached to an aromatic ring is 1. The van der Waals surface area contributed by atoms with Crippen LogP contribution in [0.2, 0.25) is 0 Å². The summed E-state index contributed by atoms with van der Waals surface area (Å²) in [6, 6.07) is 4.00. The average Bonchev–Trinajstić information content (AvgIpc) is 2.05. The van der Waals surface area contributed by atoms with Crippen molar-refractivity contribution in [3.63, 3.8) is 0 Å². The van der Waals surface area contributed by atoms with Gasteiger partial charge in [-0.25, -0.2) is 4.98 Å². The second kappa shape index (κ2) is 4.10. The predicted molar refractivity (Wildman–Crippen MR) is 52.0 cm³/mol. The van der Waals surface area contributed by atoms with Crippen molar-refractivity contribution >= 4 is 5.82 Å². The molecule has 2 nitrogen and oxygen atoms in total. The summed E-state index contributed by atoms with van der Waals surface area (Å²) in [5, 5.41) is 0. The maximum Gasteiger partial charge on any atom is 0.123 e. The lowest BCUT2D eigenvalue weighted by molar-refractivity contribution is 0.664. The Bertz CT molecular complexity index is 245. The number of hydrogen-bond acceptors (Lipinski definition) is 2. The van der Waals surface area contributed by atoms with Crippen LogP contribution in [0, 0.1) is 0 Å². The van der Waals surface area contributed by atoms with Crippen molar-refractivity contribution in [2.45, 2.75) is 32.6 Å². The van der Waals surface area contributed by atoms with E-state index in [0.717, 1.165) is 0 Å². The number of hydrogen-bond donors (Lipinski definition) is 1. The molecule has 2 N–H and O–H groups in total. The van der Waals surface area contributed by atoms with Crippen LogP contribution in [0.3, 0.4) is 0 Å². The Morgan fingerprint density at radius 2 is 2.33 bits per heavy atom. The number of pyridine rings is 1. The fraction of sp³-hybridized carbons (Fsp3) is 0.500. The van der Waals surface area contributed by atoms with Crippen LogP contribution < -0.4 is 5.73 Å². The SMILES string of the molecule is CCCC(C)c1ccnc(N)c1. The second-order valence-corrected chi connectivity index (χ2v) is 3.20. The molecule has 1 heterocycles. The molecule has 2 heteroatoms. The molecule has 1 atom stereocenters. The van der Waals surface area contributed by atoms with Gasteiger partial charge in [-0.05, 0) is 30.0 Å². The van der Waals surface area contributed by atoms with Crippen molar-refractivity contribution in [2.75, 3.05) is 5.73 Å². The van der Waals surface area contributed by atoms with Gasteiger partial charge in [-0.1, -0.05) is 20.3 Å². The molecule has 0 spiro atoms. The van der Waals surface area contributed by atoms with Gasteiger partial charge in [0.05, 0.1) is 0 Å². The van der Waals surface area contributed by atoms with E-state index < -0.39 is 0 Å². The van der Waals surface area contributed by atoms with Crippen LogP contribution in [0.25, 0.3) is 0 Å². The number of aromatic nitrogens is 1. The van der Waals surface area contributed by atoms with Crippen molar-refractivity contribution in [1.29, 1.82) is 0 Å². The van der Waals surface area contributed by atoms with Crippen LogP contribution in [-0.2, 0) is 0 Å². The van der Waals surface area contributed by atoms with Gasteiger partial charge in [-0.3, -0.25) is 0 Å². The minimum atomic E-state index is 0.597. The van der Waals surface area contributed by atoms with E-state index in [9.17, 15) is 0 Å². The van der Waals surface area contributed by atoms with Crippen molar-refractivity contribution < 1.29 is 0 Å². The lowest BCUT2D eigenvalue weighted by Crippen LogP contribution is -1.96. The van der Waals surface area contributed by atoms with E-state index in [2.05, 4.69) is 18.8 Å². The lowest BCUT2D eigenvalue weighted by Gasteiger charge is -2.09. The van der Waals surface area contributed by atoms with E-state index >= 15 is 0 Å². The molecular formula is C10H16N2. The topological polar surface area (TPSA) is 38.9 Å². The highest BCUT2D eigenvalue weighted by Gasteiger charge is 2.03. The van der Waals surface area contributed by atoms with Crippen LogP contribution in [0.4, 0.5) is 5.82 Å². The standard InChI is InChI=1S/C10H16N2/c1-3-4-8(2)9-5-6-12-10(11)7-9/h5-8H,3-4H2,1-2H3,(H2,11,12). The minimum Gasteiger partial charge on any atom is -0.384 e. The summed E-state index contributed by atoms with van der Waals surface area (Å²) in [6.45, 7) is 4.42. The van der Waals surface area contributed by atoms with Gasteiger partial charge >= 0.3 is 0 Å². The Kier molecular flexibility index (Phi) is 3.09. The third-order valence-corrected chi connectivity index (χ3v) is 2.10. The first kappa shape index (κ1) is 9.04. The molecule has 0 saturated heterocycles. The molecular weight excluding hydrogens is 148 g/mol. The third kappa shape index (κ3) is 2.22. The first-order chi connectivity index (χ1) is 5.74. The Balaban J connectivity index is 2.73. The second-order valence-electron chi connectivity index (χ2n) is 3.20. The molecule has 1 rings (SSSR count). The van der Waals surface area contributed by atoms with Crippen LogP contribution in [0.5, 0.6) is 0 Å². The molecule has 66 valence electrons. The van der Waals surface area contributed by atoms with Crippen LogP contribution in [0.1, 0.15) is 38.2 Å². The number of anilines is 1. The largest absolute Gasteiger partial charge is 0.384 e. The molecule has 12 heavy (non-hydrogen) atoms. The summed E-state index contributed by atoms with van der Waals surface area (Å²) in [4.78, 5) is 3.96. The molecule has 0 aliphatic carbocycles. The highest BCUT2D eigenvalue weighted by atomic mass is 14.8. The highest BCUT2D eigenvalue weighted by Crippen LogP contribution is 2.20. The minimum absolute atomic E-state index is 0.597. The predicted octanol–water partition coefficient (Wildman–Crippen LogP) is 2.57. The van der Waals surface area contributed by atoms with Gasteiger partial charge in [0.1, 0.15) is 5.82 Å². The van der Waals surface area contributed by atoms with Gasteiger partial charge in [0.15, 0.2) is 0 Å². The molecule has 0 aliphatic rings. The molecule has 0 saturated carbocycles. The monoisotopic (exact) mass is 164 g/mol. The van der Waals surface area contributed by atoms with Crippen molar-refractivity contribution in [3.05, 3.63) is 23.9 Å². The summed E-state index contributed by atoms with van der Waals surface area (Å²) in [5.41, 5.74) is 6.88. The van der Waals surface area contributed by atoms with Gasteiger partial charge < -0.3 is 5.73 Å². The Labute approximate surface area is 73.8 Å². The highest BCUT2D eigenvalue weighted by molar-refractivity contribution is 5.33. The van der Waals surface area contributed by atoms with Gasteiger partial charge in [0.25, 0.3) is 0 Å². The molecule has 0 bridgehead atoms. The van der Waals surface area contributed by atoms with Crippen LogP contribution in [-0.4, -0.2) is 4.98 Å². The summed E-state index contributed by atoms with van der Waals surface area (Å²) < 4.78 is 0. The fourth-order valence-corrected chi connectivity index (χ4v) is 1.37. The van der Waals surface area contributed by atoms with E-state index in [-0.39, 0.29) is 0 Å². The molecule has 0 amide bonds. The summed E-state index contributed by atoms with van der Waals surface area (Å²) in [5.74, 6) is 1.22. The maximum absolute atomic E-state index is 5.58. The normalized spacial score (nSPS) is 12.8. The summed E-state index contributed by atoms with van der Waals surface area (Å²) in [7, 11) is 0. The van der Waals surface area contributed by atoms with E-state index in [1.165, 1.54) is 18.4 Å². The Morgan fingerprint density at radius 1 is 1.58 bits per heavy atom. The first-order valence-corrected chi connectivity index (χ1v) is 4.45. The Hall–Kier alpha value is -1.05. The summed E-state index contributed by atoms with van der Waals surface area (Å²) >= 11 is 0. The lowest BCUT2D eigenvalue weighted by atomic mass is 9.98. The zero-order chi connectivity index (χ0) is 8.97. The van der Waals surface area contributed by atoms with Gasteiger partial charge in [0.2, 0.25) is 0 Å². The Morgan fingerprint density at radius 3 is 2.92 bits per heavy atom. The molecule has 0 radical (unpaired) electrons. The molecule has 0 aromatic carbocycles. The molecule has 1 unspecified atom stereocenters. The molecule has 0 fully saturated rings. The molecule has 0 aliphatic heterocycles. The zero-order valence-corrected chi connectivity index (χ0v) is 7.75. The van der Waals surface area contributed by atoms with Crippen molar-refractivity contribution in [2.24, 2.45) is 0 Å². The van der Waals surface area contributed by atoms with E-state index in [1.54, 1.807) is 6.20 Å². The maximum atomic E-state index is 5.58. The molecule has 1 aromatic rings. The van der Waals surface area contributed by atoms with E-state index in [1.807, 2.05) is 12.1 Å². The zero-order valence-electron chi connectivity index (χ0n) is 7.75. The van der Waals surface area contributed by atoms with Gasteiger partial charge in [0, 0.05) is 6.20 Å². The van der Waals surface area contributed by atoms with Crippen molar-refractivity contribution in [3.8, 4) is 0 Å². The van der Waals surface area contributed by atoms with Crippen molar-refractivity contribution in [1.82, 2.24) is 4.98 Å². The quantitative estimate of drug-likeness (QED) is 0.745. The van der Waals surface area contributed by atoms with Crippen LogP contribution in [0.15, 0.2) is 18.3 Å². The molecule has 1 aromatic heterocycles. The van der Waals surface area contributed by atoms with Gasteiger partial charge in [-0.2, -0.15) is 0 Å². The first-order valence-electron chi connectivity index (χ1n) is 4.45. The third-order valence-electron chi connectivity index (χ3n) is 2.10. The van der Waals surface area contributed by atoms with E-state index in [4.69, 9.17) is 5.73 Å². The summed E-state index contributed by atoms with van der Waals surface area (Å²) in [6.07, 6.45) is 4.20. The number of nitrogens with two attached hydrogens (primary N) is 1. The van der Waals surface area contributed by atoms with E-state index in [0.29, 0.717) is 11.7 Å².